The van der Waals surface area contributed by atoms with Crippen LogP contribution >= 0.6 is 0 Å². The van der Waals surface area contributed by atoms with Crippen molar-refractivity contribution in [1.29, 1.82) is 0 Å². The van der Waals surface area contributed by atoms with Crippen LogP contribution in [0.3, 0.4) is 0 Å². The maximum Gasteiger partial charge on any atom is 0.326 e. The molecule has 0 aromatic heterocycles. The number of carbonyl (C=O) groups is 4. The first-order valence-electron chi connectivity index (χ1n) is 12.5. The van der Waals surface area contributed by atoms with Crippen LogP contribution in [0.15, 0.2) is 18.2 Å². The van der Waals surface area contributed by atoms with E-state index in [1.165, 1.54) is 19.2 Å². The largest absolute Gasteiger partial charge is 0.468 e. The van der Waals surface area contributed by atoms with E-state index >= 15 is 0 Å². The fraction of sp³-hybridized carbons (Fsp3) is 0.630. The molecule has 1 aromatic rings. The van der Waals surface area contributed by atoms with Crippen molar-refractivity contribution in [2.45, 2.75) is 85.1 Å². The summed E-state index contributed by atoms with van der Waals surface area (Å²) in [6.07, 6.45) is 2.31. The zero-order chi connectivity index (χ0) is 27.3. The summed E-state index contributed by atoms with van der Waals surface area (Å²) in [6, 6.07) is 4.69. The van der Waals surface area contributed by atoms with E-state index < -0.39 is 29.4 Å². The van der Waals surface area contributed by atoms with Crippen molar-refractivity contribution >= 4 is 23.9 Å². The molecule has 0 aliphatic carbocycles. The Kier molecular flexibility index (Phi) is 13.2. The molecule has 2 N–H and O–H groups in total. The first kappa shape index (κ1) is 31.1. The standard InChI is InChI=1S/C27H41NO8/c1-7-18(4)14-24(30)35-21-11-10-20(16-22(21)36-25(31)15-19(5)8-2)17-27(28,26(32)33-6)12-13-34-23(29)9-3/h10-11,16,18-19H,7-9,12-15,17,28H2,1-6H3/t18?,19?,27-/m1/s1. The van der Waals surface area contributed by atoms with Gasteiger partial charge in [0.15, 0.2) is 11.5 Å². The number of nitrogens with two attached hydrogens (primary N) is 1. The van der Waals surface area contributed by atoms with E-state index in [0.717, 1.165) is 12.8 Å². The zero-order valence-corrected chi connectivity index (χ0v) is 22.4. The van der Waals surface area contributed by atoms with Gasteiger partial charge in [0.25, 0.3) is 0 Å². The molecule has 36 heavy (non-hydrogen) atoms. The number of esters is 4. The van der Waals surface area contributed by atoms with Gasteiger partial charge in [0.1, 0.15) is 5.54 Å². The normalized spacial score (nSPS) is 14.2. The third kappa shape index (κ3) is 10.4. The summed E-state index contributed by atoms with van der Waals surface area (Å²) in [5.74, 6) is -1.51. The Morgan fingerprint density at radius 1 is 0.889 bits per heavy atom. The first-order chi connectivity index (χ1) is 17.0. The summed E-state index contributed by atoms with van der Waals surface area (Å²) >= 11 is 0. The van der Waals surface area contributed by atoms with E-state index in [4.69, 9.17) is 24.7 Å². The number of ether oxygens (including phenoxy) is 4. The smallest absolute Gasteiger partial charge is 0.326 e. The molecule has 0 saturated carbocycles. The molecule has 0 saturated heterocycles. The lowest BCUT2D eigenvalue weighted by Gasteiger charge is -2.26. The molecule has 1 rings (SSSR count). The number of methoxy groups -OCH3 is 1. The second-order valence-corrected chi connectivity index (χ2v) is 9.31. The average Bonchev–Trinajstić information content (AvgIpc) is 2.84. The fourth-order valence-electron chi connectivity index (χ4n) is 3.29. The van der Waals surface area contributed by atoms with Gasteiger partial charge in [0.05, 0.1) is 13.7 Å². The highest BCUT2D eigenvalue weighted by Gasteiger charge is 2.36. The summed E-state index contributed by atoms with van der Waals surface area (Å²) in [7, 11) is 1.23. The van der Waals surface area contributed by atoms with Gasteiger partial charge in [-0.25, -0.2) is 0 Å². The predicted molar refractivity (Wildman–Crippen MR) is 134 cm³/mol. The minimum atomic E-state index is -1.49. The third-order valence-electron chi connectivity index (χ3n) is 6.09. The highest BCUT2D eigenvalue weighted by molar-refractivity contribution is 5.81. The Morgan fingerprint density at radius 3 is 1.94 bits per heavy atom. The van der Waals surface area contributed by atoms with Crippen LogP contribution in [0, 0.1) is 11.8 Å². The summed E-state index contributed by atoms with van der Waals surface area (Å²) in [5, 5.41) is 0. The molecule has 0 heterocycles. The van der Waals surface area contributed by atoms with Gasteiger partial charge in [0, 0.05) is 32.1 Å². The summed E-state index contributed by atoms with van der Waals surface area (Å²) < 4.78 is 21.1. The molecule has 0 aliphatic heterocycles. The van der Waals surface area contributed by atoms with Gasteiger partial charge < -0.3 is 24.7 Å². The highest BCUT2D eigenvalue weighted by Crippen LogP contribution is 2.32. The van der Waals surface area contributed by atoms with Crippen molar-refractivity contribution < 1.29 is 38.1 Å². The number of hydrogen-bond acceptors (Lipinski definition) is 9. The zero-order valence-electron chi connectivity index (χ0n) is 22.4. The lowest BCUT2D eigenvalue weighted by molar-refractivity contribution is -0.151. The highest BCUT2D eigenvalue weighted by atomic mass is 16.6. The average molecular weight is 508 g/mol. The van der Waals surface area contributed by atoms with Crippen molar-refractivity contribution in [1.82, 2.24) is 0 Å². The molecule has 0 bridgehead atoms. The second kappa shape index (κ2) is 15.2. The molecule has 0 fully saturated rings. The van der Waals surface area contributed by atoms with Gasteiger partial charge in [-0.3, -0.25) is 19.2 Å². The van der Waals surface area contributed by atoms with E-state index in [1.54, 1.807) is 13.0 Å². The molecule has 3 atom stereocenters. The number of benzene rings is 1. The SMILES string of the molecule is CCC(=O)OCC[C@@](N)(Cc1ccc(OC(=O)CC(C)CC)c(OC(=O)CC(C)CC)c1)C(=O)OC. The van der Waals surface area contributed by atoms with Gasteiger partial charge in [0.2, 0.25) is 0 Å². The van der Waals surface area contributed by atoms with E-state index in [0.29, 0.717) is 5.56 Å². The summed E-state index contributed by atoms with van der Waals surface area (Å²) in [5.41, 5.74) is 5.44. The molecular formula is C27H41NO8. The van der Waals surface area contributed by atoms with E-state index in [-0.39, 0.29) is 62.0 Å². The predicted octanol–water partition coefficient (Wildman–Crippen LogP) is 4.13. The van der Waals surface area contributed by atoms with E-state index in [2.05, 4.69) is 0 Å². The lowest BCUT2D eigenvalue weighted by Crippen LogP contribution is -2.51. The molecule has 1 aromatic carbocycles. The minimum Gasteiger partial charge on any atom is -0.468 e. The maximum absolute atomic E-state index is 12.5. The monoisotopic (exact) mass is 507 g/mol. The minimum absolute atomic E-state index is 0.0142. The van der Waals surface area contributed by atoms with Crippen molar-refractivity contribution in [3.05, 3.63) is 23.8 Å². The molecule has 0 amide bonds. The Bertz CT molecular complexity index is 900. The van der Waals surface area contributed by atoms with Crippen LogP contribution in [0.2, 0.25) is 0 Å². The Morgan fingerprint density at radius 2 is 1.44 bits per heavy atom. The lowest BCUT2D eigenvalue weighted by atomic mass is 9.88. The quantitative estimate of drug-likeness (QED) is 0.275. The van der Waals surface area contributed by atoms with Crippen molar-refractivity contribution in [2.75, 3.05) is 13.7 Å². The Balaban J connectivity index is 3.21. The molecule has 0 aliphatic rings. The Hall–Kier alpha value is -2.94. The molecule has 9 heteroatoms. The van der Waals surface area contributed by atoms with E-state index in [1.807, 2.05) is 27.7 Å². The van der Waals surface area contributed by atoms with Gasteiger partial charge >= 0.3 is 23.9 Å². The van der Waals surface area contributed by atoms with Gasteiger partial charge in [-0.2, -0.15) is 0 Å². The number of hydrogen-bond donors (Lipinski definition) is 1. The van der Waals surface area contributed by atoms with Crippen molar-refractivity contribution in [2.24, 2.45) is 17.6 Å². The number of carbonyl (C=O) groups excluding carboxylic acids is 4. The van der Waals surface area contributed by atoms with Crippen LogP contribution in [-0.2, 0) is 35.1 Å². The van der Waals surface area contributed by atoms with E-state index in [9.17, 15) is 19.2 Å². The molecule has 9 nitrogen and oxygen atoms in total. The van der Waals surface area contributed by atoms with Crippen molar-refractivity contribution in [3.8, 4) is 11.5 Å². The van der Waals surface area contributed by atoms with Crippen LogP contribution in [-0.4, -0.2) is 43.1 Å². The Labute approximate surface area is 214 Å². The van der Waals surface area contributed by atoms with Crippen LogP contribution in [0.25, 0.3) is 0 Å². The molecule has 202 valence electrons. The molecule has 2 unspecified atom stereocenters. The molecule has 0 radical (unpaired) electrons. The van der Waals surface area contributed by atoms with Crippen LogP contribution in [0.1, 0.15) is 78.7 Å². The number of rotatable bonds is 15. The molecular weight excluding hydrogens is 466 g/mol. The fourth-order valence-corrected chi connectivity index (χ4v) is 3.29. The van der Waals surface area contributed by atoms with Crippen molar-refractivity contribution in [3.63, 3.8) is 0 Å². The third-order valence-corrected chi connectivity index (χ3v) is 6.09. The van der Waals surface area contributed by atoms with Crippen LogP contribution in [0.4, 0.5) is 0 Å². The van der Waals surface area contributed by atoms with Crippen LogP contribution < -0.4 is 15.2 Å². The first-order valence-corrected chi connectivity index (χ1v) is 12.5. The van der Waals surface area contributed by atoms with Gasteiger partial charge in [-0.05, 0) is 29.5 Å². The second-order valence-electron chi connectivity index (χ2n) is 9.31. The topological polar surface area (TPSA) is 131 Å². The summed E-state index contributed by atoms with van der Waals surface area (Å²) in [4.78, 5) is 48.9. The van der Waals surface area contributed by atoms with Crippen LogP contribution in [0.5, 0.6) is 11.5 Å². The molecule has 0 spiro atoms. The summed E-state index contributed by atoms with van der Waals surface area (Å²) in [6.45, 7) is 9.46. The van der Waals surface area contributed by atoms with Gasteiger partial charge in [-0.1, -0.05) is 53.5 Å². The maximum atomic E-state index is 12.5. The van der Waals surface area contributed by atoms with Gasteiger partial charge in [-0.15, -0.1) is 0 Å².